The van der Waals surface area contributed by atoms with E-state index in [1.807, 2.05) is 6.07 Å². The molecule has 86 valence electrons. The van der Waals surface area contributed by atoms with E-state index < -0.39 is 0 Å². The van der Waals surface area contributed by atoms with Gasteiger partial charge in [0.2, 0.25) is 0 Å². The number of aliphatic hydroxyl groups excluding tert-OH is 1. The Morgan fingerprint density at radius 3 is 3.06 bits per heavy atom. The number of pyridine rings is 1. The number of nitrogens with zero attached hydrogens (tertiary/aromatic N) is 2. The second-order valence-corrected chi connectivity index (χ2v) is 4.95. The first kappa shape index (κ1) is 11.8. The van der Waals surface area contributed by atoms with E-state index in [1.165, 1.54) is 0 Å². The van der Waals surface area contributed by atoms with Crippen molar-refractivity contribution in [1.29, 1.82) is 0 Å². The zero-order chi connectivity index (χ0) is 11.5. The third-order valence-corrected chi connectivity index (χ3v) is 3.46. The number of hydrogen-bond acceptors (Lipinski definition) is 3. The zero-order valence-electron chi connectivity index (χ0n) is 8.77. The fourth-order valence-corrected chi connectivity index (χ4v) is 2.28. The summed E-state index contributed by atoms with van der Waals surface area (Å²) in [7, 11) is 0. The van der Waals surface area contributed by atoms with Crippen LogP contribution in [0.4, 0.5) is 0 Å². The molecule has 0 aromatic carbocycles. The van der Waals surface area contributed by atoms with Crippen molar-refractivity contribution in [2.24, 2.45) is 0 Å². The van der Waals surface area contributed by atoms with Crippen LogP contribution in [0.1, 0.15) is 23.2 Å². The van der Waals surface area contributed by atoms with Gasteiger partial charge in [0.25, 0.3) is 5.91 Å². The second-order valence-electron chi connectivity index (χ2n) is 3.85. The van der Waals surface area contributed by atoms with Gasteiger partial charge >= 0.3 is 0 Å². The summed E-state index contributed by atoms with van der Waals surface area (Å²) >= 11 is 2.10. The minimum Gasteiger partial charge on any atom is -0.394 e. The van der Waals surface area contributed by atoms with E-state index in [1.54, 1.807) is 17.2 Å². The Morgan fingerprint density at radius 2 is 2.44 bits per heavy atom. The maximum Gasteiger partial charge on any atom is 0.255 e. The molecule has 1 aliphatic heterocycles. The monoisotopic (exact) mass is 332 g/mol. The minimum absolute atomic E-state index is 0.0215. The van der Waals surface area contributed by atoms with Crippen molar-refractivity contribution in [1.82, 2.24) is 9.88 Å². The van der Waals surface area contributed by atoms with Gasteiger partial charge in [-0.2, -0.15) is 0 Å². The Balaban J connectivity index is 2.15. The predicted octanol–water partition coefficient (Wildman–Crippen LogP) is 1.28. The standard InChI is InChI=1S/C11H13IN2O2/c12-10-4-3-8(6-13-10)11(16)14-5-1-2-9(14)7-15/h3-4,6,9,15H,1-2,5,7H2/t9-/m1/s1. The molecular formula is C11H13IN2O2. The van der Waals surface area contributed by atoms with Crippen molar-refractivity contribution in [3.05, 3.63) is 27.6 Å². The number of rotatable bonds is 2. The molecule has 0 radical (unpaired) electrons. The molecule has 16 heavy (non-hydrogen) atoms. The molecule has 0 aliphatic carbocycles. The maximum atomic E-state index is 12.1. The van der Waals surface area contributed by atoms with E-state index in [-0.39, 0.29) is 18.6 Å². The highest BCUT2D eigenvalue weighted by Crippen LogP contribution is 2.19. The lowest BCUT2D eigenvalue weighted by atomic mass is 10.2. The van der Waals surface area contributed by atoms with Crippen LogP contribution < -0.4 is 0 Å². The molecule has 1 fully saturated rings. The zero-order valence-corrected chi connectivity index (χ0v) is 10.9. The fraction of sp³-hybridized carbons (Fsp3) is 0.455. The molecule has 2 heterocycles. The van der Waals surface area contributed by atoms with Crippen LogP contribution in [0.3, 0.4) is 0 Å². The van der Waals surface area contributed by atoms with Crippen LogP contribution in [-0.4, -0.2) is 40.1 Å². The van der Waals surface area contributed by atoms with E-state index in [9.17, 15) is 4.79 Å². The molecule has 1 N–H and O–H groups in total. The first-order valence-corrected chi connectivity index (χ1v) is 6.33. The molecule has 1 aliphatic rings. The van der Waals surface area contributed by atoms with Gasteiger partial charge in [-0.1, -0.05) is 0 Å². The highest BCUT2D eigenvalue weighted by molar-refractivity contribution is 14.1. The van der Waals surface area contributed by atoms with Crippen molar-refractivity contribution in [2.75, 3.05) is 13.2 Å². The normalized spacial score (nSPS) is 20.1. The average Bonchev–Trinajstić information content (AvgIpc) is 2.77. The number of halogens is 1. The van der Waals surface area contributed by atoms with E-state index in [4.69, 9.17) is 5.11 Å². The Bertz CT molecular complexity index is 380. The fourth-order valence-electron chi connectivity index (χ4n) is 1.96. The van der Waals surface area contributed by atoms with Gasteiger partial charge in [-0.15, -0.1) is 0 Å². The highest BCUT2D eigenvalue weighted by Gasteiger charge is 2.28. The van der Waals surface area contributed by atoms with Gasteiger partial charge < -0.3 is 10.0 Å². The number of carbonyl (C=O) groups excluding carboxylic acids is 1. The summed E-state index contributed by atoms with van der Waals surface area (Å²) in [5.41, 5.74) is 0.598. The molecule has 4 nitrogen and oxygen atoms in total. The summed E-state index contributed by atoms with van der Waals surface area (Å²) in [5, 5.41) is 9.17. The van der Waals surface area contributed by atoms with Crippen molar-refractivity contribution < 1.29 is 9.90 Å². The molecule has 0 saturated carbocycles. The molecule has 1 aromatic heterocycles. The van der Waals surface area contributed by atoms with Crippen molar-refractivity contribution in [3.63, 3.8) is 0 Å². The Kier molecular flexibility index (Phi) is 3.75. The van der Waals surface area contributed by atoms with Crippen LogP contribution in [0.2, 0.25) is 0 Å². The smallest absolute Gasteiger partial charge is 0.255 e. The number of amides is 1. The van der Waals surface area contributed by atoms with Gasteiger partial charge in [0.1, 0.15) is 3.70 Å². The van der Waals surface area contributed by atoms with Gasteiger partial charge in [-0.25, -0.2) is 4.98 Å². The number of aromatic nitrogens is 1. The van der Waals surface area contributed by atoms with Gasteiger partial charge in [-0.05, 0) is 47.6 Å². The molecule has 1 aromatic rings. The quantitative estimate of drug-likeness (QED) is 0.656. The molecule has 1 amide bonds. The molecule has 1 atom stereocenters. The first-order valence-electron chi connectivity index (χ1n) is 5.26. The molecule has 5 heteroatoms. The third-order valence-electron chi connectivity index (χ3n) is 2.82. The number of hydrogen-bond donors (Lipinski definition) is 1. The minimum atomic E-state index is -0.0274. The van der Waals surface area contributed by atoms with E-state index in [2.05, 4.69) is 27.6 Å². The third kappa shape index (κ3) is 2.35. The summed E-state index contributed by atoms with van der Waals surface area (Å²) in [6.45, 7) is 0.777. The molecule has 0 bridgehead atoms. The van der Waals surface area contributed by atoms with Gasteiger partial charge in [0, 0.05) is 12.7 Å². The summed E-state index contributed by atoms with van der Waals surface area (Å²) in [4.78, 5) is 17.9. The highest BCUT2D eigenvalue weighted by atomic mass is 127. The van der Waals surface area contributed by atoms with Crippen LogP contribution in [0.5, 0.6) is 0 Å². The van der Waals surface area contributed by atoms with Crippen LogP contribution in [0.25, 0.3) is 0 Å². The number of aliphatic hydroxyl groups is 1. The Hall–Kier alpha value is -0.690. The summed E-state index contributed by atoms with van der Waals surface area (Å²) in [6, 6.07) is 3.58. The Labute approximate surface area is 108 Å². The van der Waals surface area contributed by atoms with E-state index >= 15 is 0 Å². The molecule has 2 rings (SSSR count). The Morgan fingerprint density at radius 1 is 1.62 bits per heavy atom. The van der Waals surface area contributed by atoms with Crippen LogP contribution >= 0.6 is 22.6 Å². The topological polar surface area (TPSA) is 53.4 Å². The van der Waals surface area contributed by atoms with E-state index in [0.717, 1.165) is 23.1 Å². The van der Waals surface area contributed by atoms with Crippen molar-refractivity contribution in [3.8, 4) is 0 Å². The van der Waals surface area contributed by atoms with Gasteiger partial charge in [0.05, 0.1) is 18.2 Å². The van der Waals surface area contributed by atoms with E-state index in [0.29, 0.717) is 5.56 Å². The van der Waals surface area contributed by atoms with Crippen LogP contribution in [-0.2, 0) is 0 Å². The number of likely N-dealkylation sites (tertiary alicyclic amines) is 1. The largest absolute Gasteiger partial charge is 0.394 e. The predicted molar refractivity (Wildman–Crippen MR) is 68.1 cm³/mol. The summed E-state index contributed by atoms with van der Waals surface area (Å²) < 4.78 is 0.870. The lowest BCUT2D eigenvalue weighted by Crippen LogP contribution is -2.37. The van der Waals surface area contributed by atoms with Crippen LogP contribution in [0, 0.1) is 3.70 Å². The van der Waals surface area contributed by atoms with Crippen LogP contribution in [0.15, 0.2) is 18.3 Å². The molecular weight excluding hydrogens is 319 g/mol. The van der Waals surface area contributed by atoms with Crippen molar-refractivity contribution in [2.45, 2.75) is 18.9 Å². The average molecular weight is 332 g/mol. The lowest BCUT2D eigenvalue weighted by Gasteiger charge is -2.22. The second kappa shape index (κ2) is 5.09. The molecule has 0 unspecified atom stereocenters. The van der Waals surface area contributed by atoms with Gasteiger partial charge in [0.15, 0.2) is 0 Å². The maximum absolute atomic E-state index is 12.1. The van der Waals surface area contributed by atoms with Crippen molar-refractivity contribution >= 4 is 28.5 Å². The molecule has 0 spiro atoms. The lowest BCUT2D eigenvalue weighted by molar-refractivity contribution is 0.0677. The first-order chi connectivity index (χ1) is 7.72. The van der Waals surface area contributed by atoms with Gasteiger partial charge in [-0.3, -0.25) is 4.79 Å². The summed E-state index contributed by atoms with van der Waals surface area (Å²) in [5.74, 6) is -0.0274. The SMILES string of the molecule is O=C(c1ccc(I)nc1)N1CCC[C@@H]1CO. The molecule has 1 saturated heterocycles. The number of carbonyl (C=O) groups is 1. The summed E-state index contributed by atoms with van der Waals surface area (Å²) in [6.07, 6.45) is 3.45.